The van der Waals surface area contributed by atoms with Gasteiger partial charge >= 0.3 is 6.18 Å². The fourth-order valence-electron chi connectivity index (χ4n) is 3.15. The number of carbonyl (C=O) groups excluding carboxylic acids is 1. The quantitative estimate of drug-likeness (QED) is 0.366. The van der Waals surface area contributed by atoms with E-state index < -0.39 is 17.6 Å². The number of aromatic nitrogens is 1. The molecule has 30 heavy (non-hydrogen) atoms. The van der Waals surface area contributed by atoms with Gasteiger partial charge in [-0.05, 0) is 68.8 Å². The molecule has 0 aliphatic rings. The lowest BCUT2D eigenvalue weighted by atomic mass is 10.1. The fourth-order valence-corrected chi connectivity index (χ4v) is 3.39. The highest BCUT2D eigenvalue weighted by atomic mass is 79.9. The van der Waals surface area contributed by atoms with Gasteiger partial charge < -0.3 is 4.57 Å². The highest BCUT2D eigenvalue weighted by Crippen LogP contribution is 2.29. The molecule has 0 fully saturated rings. The van der Waals surface area contributed by atoms with Gasteiger partial charge in [0.2, 0.25) is 0 Å². The van der Waals surface area contributed by atoms with Crippen LogP contribution in [-0.4, -0.2) is 16.7 Å². The minimum absolute atomic E-state index is 0.113. The van der Waals surface area contributed by atoms with Gasteiger partial charge in [-0.15, -0.1) is 0 Å². The molecule has 1 N–H and O–H groups in total. The Hall–Kier alpha value is -2.87. The van der Waals surface area contributed by atoms with Crippen LogP contribution in [0.25, 0.3) is 5.69 Å². The summed E-state index contributed by atoms with van der Waals surface area (Å²) >= 11 is 3.49. The first-order valence-corrected chi connectivity index (χ1v) is 9.83. The summed E-state index contributed by atoms with van der Waals surface area (Å²) in [7, 11) is 0. The molecule has 3 aromatic rings. The second-order valence-electron chi connectivity index (χ2n) is 6.87. The van der Waals surface area contributed by atoms with Crippen molar-refractivity contribution in [3.8, 4) is 5.69 Å². The molecule has 0 aliphatic carbocycles. The maximum Gasteiger partial charge on any atom is 0.416 e. The van der Waals surface area contributed by atoms with Gasteiger partial charge in [0.25, 0.3) is 5.91 Å². The number of nitrogens with zero attached hydrogens (tertiary/aromatic N) is 2. The molecule has 1 aromatic heterocycles. The van der Waals surface area contributed by atoms with Gasteiger partial charge in [0.05, 0.1) is 11.8 Å². The van der Waals surface area contributed by atoms with Crippen molar-refractivity contribution < 1.29 is 18.0 Å². The Bertz CT molecular complexity index is 1130. The van der Waals surface area contributed by atoms with Crippen molar-refractivity contribution in [1.29, 1.82) is 0 Å². The lowest BCUT2D eigenvalue weighted by Crippen LogP contribution is -2.18. The summed E-state index contributed by atoms with van der Waals surface area (Å²) in [6.45, 7) is 5.90. The minimum atomic E-state index is -4.51. The van der Waals surface area contributed by atoms with Crippen molar-refractivity contribution in [2.45, 2.75) is 26.9 Å². The molecule has 0 atom stereocenters. The van der Waals surface area contributed by atoms with Crippen LogP contribution < -0.4 is 5.43 Å². The average molecular weight is 478 g/mol. The third-order valence-electron chi connectivity index (χ3n) is 4.69. The molecule has 2 aromatic carbocycles. The molecule has 0 radical (unpaired) electrons. The van der Waals surface area contributed by atoms with Crippen LogP contribution in [0.1, 0.15) is 38.4 Å². The van der Waals surface area contributed by atoms with Gasteiger partial charge in [0.1, 0.15) is 0 Å². The lowest BCUT2D eigenvalue weighted by molar-refractivity contribution is -0.137. The first-order chi connectivity index (χ1) is 14.1. The summed E-state index contributed by atoms with van der Waals surface area (Å²) in [5.74, 6) is -0.713. The number of aryl methyl sites for hydroxylation is 2. The predicted octanol–water partition coefficient (Wildman–Crippen LogP) is 5.95. The Morgan fingerprint density at radius 3 is 2.50 bits per heavy atom. The van der Waals surface area contributed by atoms with Gasteiger partial charge in [-0.1, -0.05) is 22.0 Å². The van der Waals surface area contributed by atoms with Gasteiger partial charge in [-0.3, -0.25) is 4.79 Å². The maximum atomic E-state index is 12.8. The van der Waals surface area contributed by atoms with Crippen LogP contribution in [-0.2, 0) is 6.18 Å². The second kappa shape index (κ2) is 8.47. The summed E-state index contributed by atoms with van der Waals surface area (Å²) < 4.78 is 41.5. The normalized spacial score (nSPS) is 11.8. The molecule has 1 amide bonds. The molecule has 3 rings (SSSR count). The molecule has 8 heteroatoms. The number of nitrogens with one attached hydrogen (secondary N) is 1. The van der Waals surface area contributed by atoms with E-state index in [4.69, 9.17) is 0 Å². The largest absolute Gasteiger partial charge is 0.416 e. The lowest BCUT2D eigenvalue weighted by Gasteiger charge is -2.11. The van der Waals surface area contributed by atoms with Crippen LogP contribution in [0.2, 0.25) is 0 Å². The Balaban J connectivity index is 1.79. The van der Waals surface area contributed by atoms with E-state index in [1.54, 1.807) is 0 Å². The van der Waals surface area contributed by atoms with Crippen LogP contribution in [0.3, 0.4) is 0 Å². The van der Waals surface area contributed by atoms with Crippen molar-refractivity contribution in [2.75, 3.05) is 0 Å². The Morgan fingerprint density at radius 2 is 1.83 bits per heavy atom. The van der Waals surface area contributed by atoms with E-state index in [1.807, 2.05) is 39.0 Å². The Morgan fingerprint density at radius 1 is 1.10 bits per heavy atom. The van der Waals surface area contributed by atoms with Gasteiger partial charge in [0, 0.05) is 32.7 Å². The number of alkyl halides is 3. The Kier molecular flexibility index (Phi) is 6.17. The monoisotopic (exact) mass is 477 g/mol. The number of hydrazone groups is 1. The minimum Gasteiger partial charge on any atom is -0.318 e. The van der Waals surface area contributed by atoms with Crippen molar-refractivity contribution in [3.63, 3.8) is 0 Å². The molecular formula is C22H19BrF3N3O. The van der Waals surface area contributed by atoms with Crippen LogP contribution in [0.5, 0.6) is 0 Å². The van der Waals surface area contributed by atoms with Gasteiger partial charge in [-0.2, -0.15) is 18.3 Å². The van der Waals surface area contributed by atoms with E-state index in [9.17, 15) is 18.0 Å². The molecule has 0 aliphatic heterocycles. The van der Waals surface area contributed by atoms with E-state index in [0.717, 1.165) is 44.8 Å². The van der Waals surface area contributed by atoms with E-state index in [0.29, 0.717) is 0 Å². The molecule has 4 nitrogen and oxygen atoms in total. The molecular weight excluding hydrogens is 459 g/mol. The first kappa shape index (κ1) is 21.8. The van der Waals surface area contributed by atoms with Crippen molar-refractivity contribution in [3.05, 3.63) is 86.6 Å². The maximum absolute atomic E-state index is 12.8. The fraction of sp³-hybridized carbons (Fsp3) is 0.182. The summed E-state index contributed by atoms with van der Waals surface area (Å²) in [6.07, 6.45) is -3.03. The van der Waals surface area contributed by atoms with Crippen molar-refractivity contribution in [2.24, 2.45) is 5.10 Å². The number of amides is 1. The number of rotatable bonds is 4. The second-order valence-corrected chi connectivity index (χ2v) is 7.73. The van der Waals surface area contributed by atoms with Gasteiger partial charge in [-0.25, -0.2) is 5.43 Å². The van der Waals surface area contributed by atoms with E-state index >= 15 is 0 Å². The molecule has 0 saturated carbocycles. The highest BCUT2D eigenvalue weighted by Gasteiger charge is 2.30. The zero-order valence-electron chi connectivity index (χ0n) is 16.5. The first-order valence-electron chi connectivity index (χ1n) is 9.04. The smallest absolute Gasteiger partial charge is 0.318 e. The van der Waals surface area contributed by atoms with Crippen LogP contribution in [0.4, 0.5) is 13.2 Å². The summed E-state index contributed by atoms with van der Waals surface area (Å²) in [5.41, 5.74) is 6.09. The molecule has 0 unspecified atom stereocenters. The molecule has 0 spiro atoms. The van der Waals surface area contributed by atoms with Gasteiger partial charge in [0.15, 0.2) is 0 Å². The molecule has 0 bridgehead atoms. The zero-order chi connectivity index (χ0) is 22.1. The number of carbonyl (C=O) groups is 1. The topological polar surface area (TPSA) is 46.4 Å². The number of hydrogen-bond acceptors (Lipinski definition) is 2. The number of hydrogen-bond donors (Lipinski definition) is 1. The molecule has 156 valence electrons. The number of benzene rings is 2. The highest BCUT2D eigenvalue weighted by molar-refractivity contribution is 9.10. The zero-order valence-corrected chi connectivity index (χ0v) is 18.1. The summed E-state index contributed by atoms with van der Waals surface area (Å²) in [4.78, 5) is 12.2. The van der Waals surface area contributed by atoms with E-state index in [2.05, 4.69) is 37.1 Å². The third kappa shape index (κ3) is 4.64. The van der Waals surface area contributed by atoms with Crippen LogP contribution >= 0.6 is 15.9 Å². The standard InChI is InChI=1S/C22H19BrF3N3O/c1-13-9-19(7-8-20(13)23)29-14(2)10-17(15(29)3)12-27-28-21(30)16-5-4-6-18(11-16)22(24,25)26/h4-12H,1-3H3,(H,28,30)/b27-12-. The Labute approximate surface area is 180 Å². The van der Waals surface area contributed by atoms with Crippen LogP contribution in [0, 0.1) is 20.8 Å². The predicted molar refractivity (Wildman–Crippen MR) is 114 cm³/mol. The van der Waals surface area contributed by atoms with Crippen molar-refractivity contribution >= 4 is 28.1 Å². The average Bonchev–Trinajstić information content (AvgIpc) is 2.97. The molecule has 0 saturated heterocycles. The SMILES string of the molecule is Cc1cc(-n2c(C)cc(/C=N\NC(=O)c3cccc(C(F)(F)F)c3)c2C)ccc1Br. The third-order valence-corrected chi connectivity index (χ3v) is 5.58. The number of halogens is 4. The van der Waals surface area contributed by atoms with Crippen LogP contribution in [0.15, 0.2) is 58.1 Å². The van der Waals surface area contributed by atoms with E-state index in [-0.39, 0.29) is 5.56 Å². The summed E-state index contributed by atoms with van der Waals surface area (Å²) in [5, 5.41) is 3.92. The summed E-state index contributed by atoms with van der Waals surface area (Å²) in [6, 6.07) is 12.2. The molecule has 1 heterocycles. The van der Waals surface area contributed by atoms with Crippen molar-refractivity contribution in [1.82, 2.24) is 9.99 Å². The van der Waals surface area contributed by atoms with E-state index in [1.165, 1.54) is 18.3 Å².